The van der Waals surface area contributed by atoms with E-state index in [1.807, 2.05) is 37.6 Å². The molecule has 0 aliphatic carbocycles. The fourth-order valence-electron chi connectivity index (χ4n) is 3.47. The topological polar surface area (TPSA) is 95.1 Å². The molecule has 6 nitrogen and oxygen atoms in total. The number of nitrogens with one attached hydrogen (secondary N) is 2. The number of carbonyl (C=O) groups is 2. The number of hydrogen-bond donors (Lipinski definition) is 3. The number of allylic oxidation sites excluding steroid dienone is 5. The van der Waals surface area contributed by atoms with Crippen LogP contribution in [0.4, 0.5) is 0 Å². The van der Waals surface area contributed by atoms with Crippen LogP contribution in [0.1, 0.15) is 96.8 Å². The fraction of sp³-hybridized carbons (Fsp3) is 0.469. The molecule has 1 atom stereocenters. The van der Waals surface area contributed by atoms with Gasteiger partial charge >= 0.3 is 0 Å². The molecule has 0 radical (unpaired) electrons. The molecular weight excluding hydrogens is 506 g/mol. The van der Waals surface area contributed by atoms with Crippen LogP contribution < -0.4 is 5.32 Å². The minimum absolute atomic E-state index is 0.0556. The van der Waals surface area contributed by atoms with Crippen molar-refractivity contribution in [2.75, 3.05) is 0 Å². The Hall–Kier alpha value is -3.03. The summed E-state index contributed by atoms with van der Waals surface area (Å²) in [6, 6.07) is 0. The highest BCUT2D eigenvalue weighted by atomic mass is 32.1. The molecule has 2 aromatic heterocycles. The Bertz CT molecular complexity index is 1090. The van der Waals surface area contributed by atoms with Crippen LogP contribution in [0, 0.1) is 12.8 Å². The van der Waals surface area contributed by atoms with Gasteiger partial charge in [-0.3, -0.25) is 9.59 Å². The Balaban J connectivity index is 0.000000928. The van der Waals surface area contributed by atoms with Crippen molar-refractivity contribution >= 4 is 35.2 Å². The zero-order valence-corrected chi connectivity index (χ0v) is 26.0. The average Bonchev–Trinajstić information content (AvgIpc) is 3.51. The summed E-state index contributed by atoms with van der Waals surface area (Å²) in [5, 5.41) is 14.6. The molecule has 2 rings (SSSR count). The maximum atomic E-state index is 11.7. The molecule has 0 saturated heterocycles. The first-order valence-electron chi connectivity index (χ1n) is 13.8. The van der Waals surface area contributed by atoms with Crippen molar-refractivity contribution in [2.24, 2.45) is 5.92 Å². The highest BCUT2D eigenvalue weighted by molar-refractivity contribution is 7.11. The molecule has 39 heavy (non-hydrogen) atoms. The van der Waals surface area contributed by atoms with Crippen molar-refractivity contribution in [3.05, 3.63) is 64.4 Å². The Morgan fingerprint density at radius 3 is 2.46 bits per heavy atom. The van der Waals surface area contributed by atoms with Crippen LogP contribution in [-0.4, -0.2) is 33.4 Å². The normalized spacial score (nSPS) is 12.4. The molecule has 1 amide bonds. The van der Waals surface area contributed by atoms with Gasteiger partial charge in [0.2, 0.25) is 6.41 Å². The molecule has 0 aliphatic rings. The number of aromatic nitrogens is 2. The summed E-state index contributed by atoms with van der Waals surface area (Å²) in [5.74, 6) is 0.500. The number of aliphatic hydroxyl groups excluding tert-OH is 1. The first-order valence-corrected chi connectivity index (χ1v) is 14.6. The third kappa shape index (κ3) is 14.6. The zero-order valence-electron chi connectivity index (χ0n) is 25.1. The number of thiazole rings is 1. The molecular formula is C32H49N3O3S. The van der Waals surface area contributed by atoms with Crippen LogP contribution in [0.25, 0.3) is 22.9 Å². The van der Waals surface area contributed by atoms with Crippen molar-refractivity contribution in [3.63, 3.8) is 0 Å². The number of aliphatic hydroxyl groups is 1. The summed E-state index contributed by atoms with van der Waals surface area (Å²) in [6.45, 7) is 19.8. The highest BCUT2D eigenvalue weighted by Gasteiger charge is 2.13. The van der Waals surface area contributed by atoms with E-state index >= 15 is 0 Å². The standard InChI is InChI=1S/C20H21N3O2S.C9H20O.C3H8/c1-5-6-7-17-14(3)22-10-18(17)19-11-26-20(23-19)13(2)8-16(15(4)25)9-21-12-24;1-4-5-6-9(10)7-8(2)3;1-3-2/h5-12,22H,1H2,2-4H3,(H,21,24);8-10H,4-7H2,1-3H3;3H2,1-2H3/b7-6-,13-8+,16-9+;;. The van der Waals surface area contributed by atoms with Crippen LogP contribution >= 0.6 is 11.3 Å². The van der Waals surface area contributed by atoms with Gasteiger partial charge < -0.3 is 15.4 Å². The zero-order chi connectivity index (χ0) is 29.8. The second-order valence-electron chi connectivity index (χ2n) is 9.77. The van der Waals surface area contributed by atoms with Gasteiger partial charge in [0.25, 0.3) is 0 Å². The number of ketones is 1. The molecule has 7 heteroatoms. The quantitative estimate of drug-likeness (QED) is 0.132. The number of hydrogen-bond acceptors (Lipinski definition) is 5. The minimum atomic E-state index is -0.131. The smallest absolute Gasteiger partial charge is 0.211 e. The van der Waals surface area contributed by atoms with Crippen molar-refractivity contribution in [1.82, 2.24) is 15.3 Å². The maximum absolute atomic E-state index is 11.7. The van der Waals surface area contributed by atoms with Crippen molar-refractivity contribution in [3.8, 4) is 11.3 Å². The van der Waals surface area contributed by atoms with Gasteiger partial charge in [0.15, 0.2) is 5.78 Å². The van der Waals surface area contributed by atoms with Crippen LogP contribution in [0.2, 0.25) is 0 Å². The lowest BCUT2D eigenvalue weighted by atomic mass is 10.0. The lowest BCUT2D eigenvalue weighted by Gasteiger charge is -2.11. The number of aryl methyl sites for hydroxylation is 1. The third-order valence-electron chi connectivity index (χ3n) is 5.36. The second-order valence-corrected chi connectivity index (χ2v) is 10.6. The number of nitrogens with zero attached hydrogens (tertiary/aromatic N) is 1. The predicted octanol–water partition coefficient (Wildman–Crippen LogP) is 8.27. The van der Waals surface area contributed by atoms with Gasteiger partial charge in [-0.1, -0.05) is 78.7 Å². The van der Waals surface area contributed by atoms with E-state index in [0.29, 0.717) is 17.9 Å². The minimum Gasteiger partial charge on any atom is -0.393 e. The van der Waals surface area contributed by atoms with Crippen LogP contribution in [-0.2, 0) is 9.59 Å². The Morgan fingerprint density at radius 2 is 1.92 bits per heavy atom. The van der Waals surface area contributed by atoms with Crippen LogP contribution in [0.3, 0.4) is 0 Å². The molecule has 216 valence electrons. The van der Waals surface area contributed by atoms with Gasteiger partial charge in [0, 0.05) is 40.2 Å². The molecule has 1 unspecified atom stereocenters. The number of carbonyl (C=O) groups excluding carboxylic acids is 2. The molecule has 0 bridgehead atoms. The Morgan fingerprint density at radius 1 is 1.26 bits per heavy atom. The first kappa shape index (κ1) is 36.0. The van der Waals surface area contributed by atoms with E-state index in [9.17, 15) is 14.7 Å². The second kappa shape index (κ2) is 20.9. The number of Topliss-reactive ketones (excluding diaryl/α,β-unsaturated/α-hetero) is 1. The number of rotatable bonds is 13. The first-order chi connectivity index (χ1) is 18.6. The van der Waals surface area contributed by atoms with Gasteiger partial charge in [-0.2, -0.15) is 0 Å². The summed E-state index contributed by atoms with van der Waals surface area (Å²) in [4.78, 5) is 30.0. The number of H-pyrrole nitrogens is 1. The van der Waals surface area contributed by atoms with Crippen LogP contribution in [0.5, 0.6) is 0 Å². The SMILES string of the molecule is C=C/C=C\c1c(-c2csc(/C(C)=C/C(=C\NC=O)C(C)=O)n2)c[nH]c1C.CCC.CCCCC(O)CC(C)C. The largest absolute Gasteiger partial charge is 0.393 e. The van der Waals surface area contributed by atoms with Gasteiger partial charge in [-0.05, 0) is 51.2 Å². The van der Waals surface area contributed by atoms with E-state index < -0.39 is 0 Å². The third-order valence-corrected chi connectivity index (χ3v) is 6.34. The fourth-order valence-corrected chi connectivity index (χ4v) is 4.27. The molecule has 2 aromatic rings. The number of amides is 1. The summed E-state index contributed by atoms with van der Waals surface area (Å²) in [6.07, 6.45) is 16.7. The van der Waals surface area contributed by atoms with Crippen molar-refractivity contribution in [2.45, 2.75) is 93.6 Å². The summed E-state index contributed by atoms with van der Waals surface area (Å²) in [5.41, 5.74) is 5.28. The Kier molecular flexibility index (Phi) is 19.3. The molecule has 0 aromatic carbocycles. The maximum Gasteiger partial charge on any atom is 0.211 e. The van der Waals surface area contributed by atoms with Gasteiger partial charge in [0.05, 0.1) is 11.8 Å². The molecule has 0 spiro atoms. The van der Waals surface area contributed by atoms with E-state index in [1.165, 1.54) is 37.3 Å². The van der Waals surface area contributed by atoms with Crippen molar-refractivity contribution < 1.29 is 14.7 Å². The molecule has 2 heterocycles. The molecule has 3 N–H and O–H groups in total. The molecule has 0 aliphatic heterocycles. The average molecular weight is 556 g/mol. The lowest BCUT2D eigenvalue weighted by molar-refractivity contribution is -0.113. The Labute approximate surface area is 240 Å². The summed E-state index contributed by atoms with van der Waals surface area (Å²) in [7, 11) is 0. The van der Waals surface area contributed by atoms with Gasteiger partial charge in [0.1, 0.15) is 5.01 Å². The van der Waals surface area contributed by atoms with E-state index in [2.05, 4.69) is 51.5 Å². The summed E-state index contributed by atoms with van der Waals surface area (Å²) < 4.78 is 0. The van der Waals surface area contributed by atoms with Gasteiger partial charge in [-0.25, -0.2) is 4.98 Å². The summed E-state index contributed by atoms with van der Waals surface area (Å²) >= 11 is 1.51. The van der Waals surface area contributed by atoms with Crippen LogP contribution in [0.15, 0.2) is 48.2 Å². The van der Waals surface area contributed by atoms with Gasteiger partial charge in [-0.15, -0.1) is 11.3 Å². The van der Waals surface area contributed by atoms with E-state index in [4.69, 9.17) is 4.98 Å². The monoisotopic (exact) mass is 555 g/mol. The molecule has 0 saturated carbocycles. The van der Waals surface area contributed by atoms with E-state index in [1.54, 1.807) is 12.2 Å². The number of aromatic amines is 1. The van der Waals surface area contributed by atoms with Crippen molar-refractivity contribution in [1.29, 1.82) is 0 Å². The molecule has 0 fully saturated rings. The van der Waals surface area contributed by atoms with E-state index in [-0.39, 0.29) is 11.9 Å². The predicted molar refractivity (Wildman–Crippen MR) is 168 cm³/mol. The number of unbranched alkanes of at least 4 members (excludes halogenated alkanes) is 1. The highest BCUT2D eigenvalue weighted by Crippen LogP contribution is 2.31. The lowest BCUT2D eigenvalue weighted by Crippen LogP contribution is -2.09. The van der Waals surface area contributed by atoms with E-state index in [0.717, 1.165) is 52.4 Å².